The first kappa shape index (κ1) is 15.9. The van der Waals surface area contributed by atoms with Gasteiger partial charge in [0, 0.05) is 5.56 Å². The van der Waals surface area contributed by atoms with E-state index in [1.54, 1.807) is 0 Å². The van der Waals surface area contributed by atoms with E-state index in [1.165, 1.54) is 0 Å². The molecule has 0 spiro atoms. The van der Waals surface area contributed by atoms with Gasteiger partial charge in [-0.3, -0.25) is 0 Å². The van der Waals surface area contributed by atoms with Gasteiger partial charge >= 0.3 is 0 Å². The summed E-state index contributed by atoms with van der Waals surface area (Å²) in [5.74, 6) is 3.94. The predicted molar refractivity (Wildman–Crippen MR) is 87.1 cm³/mol. The quantitative estimate of drug-likeness (QED) is 0.549. The molecule has 2 aromatic rings. The summed E-state index contributed by atoms with van der Waals surface area (Å²) < 4.78 is 16.8. The third-order valence-corrected chi connectivity index (χ3v) is 3.01. The highest BCUT2D eigenvalue weighted by Gasteiger charge is 2.05. The van der Waals surface area contributed by atoms with E-state index in [4.69, 9.17) is 20.6 Å². The Morgan fingerprint density at radius 2 is 1.77 bits per heavy atom. The van der Waals surface area contributed by atoms with Crippen LogP contribution in [0.5, 0.6) is 11.5 Å². The molecule has 2 aromatic carbocycles. The Morgan fingerprint density at radius 1 is 0.955 bits per heavy atom. The van der Waals surface area contributed by atoms with Crippen LogP contribution >= 0.6 is 0 Å². The van der Waals surface area contributed by atoms with Crippen molar-refractivity contribution in [1.82, 2.24) is 0 Å². The van der Waals surface area contributed by atoms with Gasteiger partial charge in [-0.1, -0.05) is 36.3 Å². The summed E-state index contributed by atoms with van der Waals surface area (Å²) in [6.07, 6.45) is 5.39. The number of hydrogen-bond donors (Lipinski definition) is 0. The molecule has 3 nitrogen and oxygen atoms in total. The van der Waals surface area contributed by atoms with Gasteiger partial charge in [0.25, 0.3) is 0 Å². The first-order valence-corrected chi connectivity index (χ1v) is 7.31. The van der Waals surface area contributed by atoms with E-state index in [0.29, 0.717) is 37.9 Å². The minimum atomic E-state index is 0.461. The minimum Gasteiger partial charge on any atom is -0.490 e. The van der Waals surface area contributed by atoms with E-state index < -0.39 is 0 Å². The maximum atomic E-state index is 5.71. The lowest BCUT2D eigenvalue weighted by Gasteiger charge is -2.12. The number of rotatable bonds is 8. The molecule has 0 aromatic heterocycles. The molecule has 0 radical (unpaired) electrons. The number of ether oxygens (including phenoxy) is 3. The Hall–Kier alpha value is -2.44. The predicted octanol–water partition coefficient (Wildman–Crippen LogP) is 3.66. The van der Waals surface area contributed by atoms with Crippen molar-refractivity contribution < 1.29 is 14.2 Å². The summed E-state index contributed by atoms with van der Waals surface area (Å²) in [5, 5.41) is 0. The Morgan fingerprint density at radius 3 is 2.50 bits per heavy atom. The molecular weight excluding hydrogens is 276 g/mol. The third kappa shape index (κ3) is 4.83. The highest BCUT2D eigenvalue weighted by Crippen LogP contribution is 2.28. The molecule has 114 valence electrons. The van der Waals surface area contributed by atoms with Gasteiger partial charge in [0.05, 0.1) is 19.8 Å². The lowest BCUT2D eigenvalue weighted by Crippen LogP contribution is -2.08. The van der Waals surface area contributed by atoms with Crippen LogP contribution in [0.25, 0.3) is 0 Å². The molecule has 0 saturated carbocycles. The Bertz CT molecular complexity index is 614. The fraction of sp³-hybridized carbons (Fsp3) is 0.263. The zero-order chi connectivity index (χ0) is 15.6. The van der Waals surface area contributed by atoms with Crippen LogP contribution < -0.4 is 9.47 Å². The summed E-state index contributed by atoms with van der Waals surface area (Å²) in [5.41, 5.74) is 1.92. The molecule has 0 heterocycles. The fourth-order valence-corrected chi connectivity index (χ4v) is 1.96. The van der Waals surface area contributed by atoms with Gasteiger partial charge in [-0.25, -0.2) is 0 Å². The number of benzene rings is 2. The lowest BCUT2D eigenvalue weighted by molar-refractivity contribution is 0.0877. The standard InChI is InChI=1S/C19H20O3/c1-3-16-10-11-18(19(14-16)21-4-2)22-13-12-20-15-17-8-6-5-7-9-17/h1,5-11,14H,4,12-13,15H2,2H3. The van der Waals surface area contributed by atoms with E-state index in [1.807, 2.05) is 55.5 Å². The van der Waals surface area contributed by atoms with Crippen molar-refractivity contribution in [2.24, 2.45) is 0 Å². The molecule has 0 bridgehead atoms. The molecule has 0 amide bonds. The highest BCUT2D eigenvalue weighted by atomic mass is 16.5. The van der Waals surface area contributed by atoms with Crippen molar-refractivity contribution in [3.8, 4) is 23.8 Å². The van der Waals surface area contributed by atoms with E-state index in [0.717, 1.165) is 11.1 Å². The van der Waals surface area contributed by atoms with Gasteiger partial charge in [-0.15, -0.1) is 6.42 Å². The summed E-state index contributed by atoms with van der Waals surface area (Å²) in [6, 6.07) is 15.5. The van der Waals surface area contributed by atoms with Crippen molar-refractivity contribution in [2.45, 2.75) is 13.5 Å². The van der Waals surface area contributed by atoms with Crippen LogP contribution in [0, 0.1) is 12.3 Å². The van der Waals surface area contributed by atoms with Gasteiger partial charge in [-0.05, 0) is 30.7 Å². The van der Waals surface area contributed by atoms with Crippen LogP contribution in [-0.4, -0.2) is 19.8 Å². The minimum absolute atomic E-state index is 0.461. The maximum Gasteiger partial charge on any atom is 0.162 e. The second-order valence-electron chi connectivity index (χ2n) is 4.63. The largest absolute Gasteiger partial charge is 0.490 e. The maximum absolute atomic E-state index is 5.71. The molecule has 0 unspecified atom stereocenters. The van der Waals surface area contributed by atoms with Crippen molar-refractivity contribution in [2.75, 3.05) is 19.8 Å². The zero-order valence-electron chi connectivity index (χ0n) is 12.7. The molecular formula is C19H20O3. The second-order valence-corrected chi connectivity index (χ2v) is 4.63. The topological polar surface area (TPSA) is 27.7 Å². The van der Waals surface area contributed by atoms with Crippen molar-refractivity contribution in [1.29, 1.82) is 0 Å². The second kappa shape index (κ2) is 8.76. The monoisotopic (exact) mass is 296 g/mol. The average Bonchev–Trinajstić information content (AvgIpc) is 2.57. The van der Waals surface area contributed by atoms with Crippen LogP contribution in [-0.2, 0) is 11.3 Å². The van der Waals surface area contributed by atoms with Crippen molar-refractivity contribution in [3.63, 3.8) is 0 Å². The smallest absolute Gasteiger partial charge is 0.162 e. The SMILES string of the molecule is C#Cc1ccc(OCCOCc2ccccc2)c(OCC)c1. The molecule has 0 N–H and O–H groups in total. The molecule has 0 atom stereocenters. The van der Waals surface area contributed by atoms with Crippen LogP contribution in [0.3, 0.4) is 0 Å². The molecule has 0 aliphatic rings. The zero-order valence-corrected chi connectivity index (χ0v) is 12.7. The molecule has 2 rings (SSSR count). The van der Waals surface area contributed by atoms with Crippen LogP contribution in [0.15, 0.2) is 48.5 Å². The van der Waals surface area contributed by atoms with Crippen LogP contribution in [0.1, 0.15) is 18.1 Å². The molecule has 0 saturated heterocycles. The van der Waals surface area contributed by atoms with Gasteiger partial charge in [0.1, 0.15) is 6.61 Å². The van der Waals surface area contributed by atoms with Gasteiger partial charge in [0.15, 0.2) is 11.5 Å². The third-order valence-electron chi connectivity index (χ3n) is 3.01. The molecule has 0 fully saturated rings. The van der Waals surface area contributed by atoms with Crippen molar-refractivity contribution >= 4 is 0 Å². The van der Waals surface area contributed by atoms with E-state index in [9.17, 15) is 0 Å². The van der Waals surface area contributed by atoms with Gasteiger partial charge < -0.3 is 14.2 Å². The van der Waals surface area contributed by atoms with E-state index in [2.05, 4.69) is 5.92 Å². The normalized spacial score (nSPS) is 10.0. The highest BCUT2D eigenvalue weighted by molar-refractivity contribution is 5.47. The van der Waals surface area contributed by atoms with Crippen molar-refractivity contribution in [3.05, 3.63) is 59.7 Å². The number of terminal acetylenes is 1. The van der Waals surface area contributed by atoms with E-state index in [-0.39, 0.29) is 0 Å². The first-order chi connectivity index (χ1) is 10.8. The van der Waals surface area contributed by atoms with Crippen LogP contribution in [0.4, 0.5) is 0 Å². The number of hydrogen-bond acceptors (Lipinski definition) is 3. The average molecular weight is 296 g/mol. The van der Waals surface area contributed by atoms with Gasteiger partial charge in [-0.2, -0.15) is 0 Å². The summed E-state index contributed by atoms with van der Waals surface area (Å²) in [4.78, 5) is 0. The lowest BCUT2D eigenvalue weighted by atomic mass is 10.2. The molecule has 22 heavy (non-hydrogen) atoms. The molecule has 3 heteroatoms. The molecule has 0 aliphatic heterocycles. The van der Waals surface area contributed by atoms with Gasteiger partial charge in [0.2, 0.25) is 0 Å². The summed E-state index contributed by atoms with van der Waals surface area (Å²) in [6.45, 7) is 4.04. The molecule has 0 aliphatic carbocycles. The van der Waals surface area contributed by atoms with E-state index >= 15 is 0 Å². The summed E-state index contributed by atoms with van der Waals surface area (Å²) >= 11 is 0. The fourth-order valence-electron chi connectivity index (χ4n) is 1.96. The Labute approximate surface area is 131 Å². The first-order valence-electron chi connectivity index (χ1n) is 7.31. The van der Waals surface area contributed by atoms with Crippen LogP contribution in [0.2, 0.25) is 0 Å². The summed E-state index contributed by atoms with van der Waals surface area (Å²) in [7, 11) is 0. The Kier molecular flexibility index (Phi) is 6.35. The Balaban J connectivity index is 1.80.